The predicted octanol–water partition coefficient (Wildman–Crippen LogP) is 6.42. The number of benzene rings is 2. The van der Waals surface area contributed by atoms with Gasteiger partial charge in [0.05, 0.1) is 21.8 Å². The third kappa shape index (κ3) is 6.91. The van der Waals surface area contributed by atoms with Gasteiger partial charge in [-0.05, 0) is 55.7 Å². The van der Waals surface area contributed by atoms with Gasteiger partial charge in [-0.1, -0.05) is 66.5 Å². The molecule has 186 valence electrons. The van der Waals surface area contributed by atoms with Crippen molar-refractivity contribution < 1.29 is 9.59 Å². The van der Waals surface area contributed by atoms with E-state index in [0.29, 0.717) is 43.8 Å². The first-order valence-electron chi connectivity index (χ1n) is 11.0. The van der Waals surface area contributed by atoms with E-state index in [2.05, 4.69) is 20.8 Å². The highest BCUT2D eigenvalue weighted by atomic mass is 35.5. The Morgan fingerprint density at radius 3 is 2.46 bits per heavy atom. The van der Waals surface area contributed by atoms with Gasteiger partial charge in [0.15, 0.2) is 11.0 Å². The molecule has 0 bridgehead atoms. The van der Waals surface area contributed by atoms with Crippen LogP contribution in [0.3, 0.4) is 0 Å². The van der Waals surface area contributed by atoms with Crippen molar-refractivity contribution in [1.29, 1.82) is 0 Å². The van der Waals surface area contributed by atoms with Gasteiger partial charge in [0.1, 0.15) is 0 Å². The molecule has 11 heteroatoms. The summed E-state index contributed by atoms with van der Waals surface area (Å²) in [4.78, 5) is 25.4. The summed E-state index contributed by atoms with van der Waals surface area (Å²) < 4.78 is 1.91. The van der Waals surface area contributed by atoms with Gasteiger partial charge < -0.3 is 15.2 Å². The minimum Gasteiger partial charge on any atom is -0.342 e. The molecular formula is C24H26Cl3N5O2S. The van der Waals surface area contributed by atoms with Crippen molar-refractivity contribution in [2.24, 2.45) is 5.92 Å². The topological polar surface area (TPSA) is 88.9 Å². The molecule has 0 aliphatic rings. The van der Waals surface area contributed by atoms with Gasteiger partial charge in [-0.3, -0.25) is 9.59 Å². The largest absolute Gasteiger partial charge is 0.342 e. The van der Waals surface area contributed by atoms with Crippen LogP contribution < -0.4 is 10.6 Å². The van der Waals surface area contributed by atoms with Crippen molar-refractivity contribution in [2.45, 2.75) is 45.4 Å². The molecule has 0 aliphatic heterocycles. The van der Waals surface area contributed by atoms with Crippen LogP contribution >= 0.6 is 46.6 Å². The summed E-state index contributed by atoms with van der Waals surface area (Å²) in [6.07, 6.45) is 0. The van der Waals surface area contributed by atoms with Gasteiger partial charge in [0.25, 0.3) is 5.91 Å². The second-order valence-electron chi connectivity index (χ2n) is 8.21. The summed E-state index contributed by atoms with van der Waals surface area (Å²) in [5, 5.41) is 16.4. The molecule has 1 aromatic heterocycles. The fraction of sp³-hybridized carbons (Fsp3) is 0.333. The number of nitrogens with one attached hydrogen (secondary N) is 2. The number of rotatable bonds is 9. The third-order valence-corrected chi connectivity index (χ3v) is 7.22. The summed E-state index contributed by atoms with van der Waals surface area (Å²) in [5.41, 5.74) is 1.99. The lowest BCUT2D eigenvalue weighted by atomic mass is 10.0. The Bertz CT molecular complexity index is 1230. The van der Waals surface area contributed by atoms with Crippen LogP contribution in [0.5, 0.6) is 0 Å². The van der Waals surface area contributed by atoms with Crippen LogP contribution in [0.1, 0.15) is 48.6 Å². The molecule has 2 aromatic carbocycles. The summed E-state index contributed by atoms with van der Waals surface area (Å²) in [6, 6.07) is 9.68. The number of nitrogens with zero attached hydrogens (tertiary/aromatic N) is 3. The molecule has 7 nitrogen and oxygen atoms in total. The molecule has 0 fully saturated rings. The van der Waals surface area contributed by atoms with E-state index in [1.165, 1.54) is 17.8 Å². The number of anilines is 1. The highest BCUT2D eigenvalue weighted by molar-refractivity contribution is 7.99. The smallest absolute Gasteiger partial charge is 0.251 e. The van der Waals surface area contributed by atoms with E-state index in [1.807, 2.05) is 38.3 Å². The normalized spacial score (nSPS) is 12.0. The molecular weight excluding hydrogens is 529 g/mol. The van der Waals surface area contributed by atoms with E-state index in [0.717, 1.165) is 5.56 Å². The van der Waals surface area contributed by atoms with Gasteiger partial charge in [0, 0.05) is 22.8 Å². The Hall–Kier alpha value is -2.26. The van der Waals surface area contributed by atoms with E-state index >= 15 is 0 Å². The number of halogens is 3. The van der Waals surface area contributed by atoms with Gasteiger partial charge in [-0.2, -0.15) is 0 Å². The van der Waals surface area contributed by atoms with Gasteiger partial charge in [-0.15, -0.1) is 10.2 Å². The molecule has 0 saturated heterocycles. The number of carbonyl (C=O) groups is 2. The Kier molecular flexibility index (Phi) is 9.47. The molecule has 3 rings (SSSR count). The minimum atomic E-state index is -0.401. The highest BCUT2D eigenvalue weighted by Gasteiger charge is 2.26. The van der Waals surface area contributed by atoms with Crippen LogP contribution in [0.4, 0.5) is 5.69 Å². The number of amides is 2. The Labute approximate surface area is 223 Å². The van der Waals surface area contributed by atoms with Crippen LogP contribution in [-0.4, -0.2) is 32.3 Å². The Balaban J connectivity index is 1.73. The zero-order chi connectivity index (χ0) is 25.7. The average Bonchev–Trinajstić information content (AvgIpc) is 3.22. The fourth-order valence-electron chi connectivity index (χ4n) is 3.37. The lowest BCUT2D eigenvalue weighted by molar-refractivity contribution is -0.113. The molecule has 2 N–H and O–H groups in total. The quantitative estimate of drug-likeness (QED) is 0.298. The van der Waals surface area contributed by atoms with E-state index in [-0.39, 0.29) is 23.5 Å². The van der Waals surface area contributed by atoms with Crippen molar-refractivity contribution >= 4 is 64.1 Å². The molecule has 2 amide bonds. The predicted molar refractivity (Wildman–Crippen MR) is 143 cm³/mol. The first-order valence-corrected chi connectivity index (χ1v) is 13.1. The zero-order valence-electron chi connectivity index (χ0n) is 19.7. The van der Waals surface area contributed by atoms with Crippen LogP contribution in [0.25, 0.3) is 0 Å². The number of thioether (sulfide) groups is 1. The maximum absolute atomic E-state index is 12.9. The number of aryl methyl sites for hydroxylation is 1. The van der Waals surface area contributed by atoms with Crippen molar-refractivity contribution in [3.8, 4) is 0 Å². The number of hydrogen-bond acceptors (Lipinski definition) is 5. The van der Waals surface area contributed by atoms with E-state index in [9.17, 15) is 9.59 Å². The Morgan fingerprint density at radius 2 is 1.80 bits per heavy atom. The second-order valence-corrected chi connectivity index (χ2v) is 10.4. The second kappa shape index (κ2) is 12.1. The van der Waals surface area contributed by atoms with E-state index < -0.39 is 6.04 Å². The minimum absolute atomic E-state index is 0.0307. The van der Waals surface area contributed by atoms with Crippen molar-refractivity contribution in [3.63, 3.8) is 0 Å². The molecule has 35 heavy (non-hydrogen) atoms. The van der Waals surface area contributed by atoms with Crippen molar-refractivity contribution in [2.75, 3.05) is 11.1 Å². The molecule has 0 unspecified atom stereocenters. The zero-order valence-corrected chi connectivity index (χ0v) is 22.8. The van der Waals surface area contributed by atoms with Crippen LogP contribution in [0.15, 0.2) is 41.6 Å². The standard InChI is InChI=1S/C24H26Cl3N5O2S/c1-5-32-22(21(13(2)3)29-23(34)15-7-9-17(26)18(27)10-15)30-31-24(32)35-12-20(33)28-19-11-16(25)8-6-14(19)4/h6-11,13,21H,5,12H2,1-4H3,(H,28,33)(H,29,34)/t21-/m0/s1. The van der Waals surface area contributed by atoms with Crippen LogP contribution in [0, 0.1) is 12.8 Å². The third-order valence-electron chi connectivity index (χ3n) is 5.28. The van der Waals surface area contributed by atoms with Gasteiger partial charge >= 0.3 is 0 Å². The van der Waals surface area contributed by atoms with Gasteiger partial charge in [0.2, 0.25) is 5.91 Å². The van der Waals surface area contributed by atoms with Gasteiger partial charge in [-0.25, -0.2) is 0 Å². The number of carbonyl (C=O) groups excluding carboxylic acids is 2. The summed E-state index contributed by atoms with van der Waals surface area (Å²) in [5.74, 6) is 0.318. The molecule has 0 aliphatic carbocycles. The summed E-state index contributed by atoms with van der Waals surface area (Å²) >= 11 is 19.4. The lowest BCUT2D eigenvalue weighted by Crippen LogP contribution is -2.33. The van der Waals surface area contributed by atoms with E-state index in [1.54, 1.807) is 24.3 Å². The molecule has 0 radical (unpaired) electrons. The maximum atomic E-state index is 12.9. The average molecular weight is 555 g/mol. The first kappa shape index (κ1) is 27.3. The van der Waals surface area contributed by atoms with Crippen molar-refractivity contribution in [1.82, 2.24) is 20.1 Å². The molecule has 0 spiro atoms. The SMILES string of the molecule is CCn1c(SCC(=O)Nc2cc(Cl)ccc2C)nnc1[C@@H](NC(=O)c1ccc(Cl)c(Cl)c1)C(C)C. The highest BCUT2D eigenvalue weighted by Crippen LogP contribution is 2.27. The Morgan fingerprint density at radius 1 is 1.06 bits per heavy atom. The number of aromatic nitrogens is 3. The molecule has 1 atom stereocenters. The molecule has 3 aromatic rings. The monoisotopic (exact) mass is 553 g/mol. The molecule has 0 saturated carbocycles. The number of hydrogen-bond donors (Lipinski definition) is 2. The summed E-state index contributed by atoms with van der Waals surface area (Å²) in [7, 11) is 0. The van der Waals surface area contributed by atoms with E-state index in [4.69, 9.17) is 34.8 Å². The van der Waals surface area contributed by atoms with Crippen LogP contribution in [0.2, 0.25) is 15.1 Å². The fourth-order valence-corrected chi connectivity index (χ4v) is 4.65. The maximum Gasteiger partial charge on any atom is 0.251 e. The first-order chi connectivity index (χ1) is 16.6. The van der Waals surface area contributed by atoms with Crippen molar-refractivity contribution in [3.05, 3.63) is 68.4 Å². The van der Waals surface area contributed by atoms with Crippen LogP contribution in [-0.2, 0) is 11.3 Å². The molecule has 1 heterocycles. The summed E-state index contributed by atoms with van der Waals surface area (Å²) in [6.45, 7) is 8.41. The lowest BCUT2D eigenvalue weighted by Gasteiger charge is -2.22.